The lowest BCUT2D eigenvalue weighted by Gasteiger charge is -2.33. The molecule has 1 aliphatic heterocycles. The van der Waals surface area contributed by atoms with Gasteiger partial charge in [0.15, 0.2) is 0 Å². The summed E-state index contributed by atoms with van der Waals surface area (Å²) in [5.74, 6) is -1.57. The fourth-order valence-corrected chi connectivity index (χ4v) is 2.20. The van der Waals surface area contributed by atoms with Crippen LogP contribution in [-0.4, -0.2) is 66.0 Å². The molecule has 20 heavy (non-hydrogen) atoms. The number of amides is 3. The van der Waals surface area contributed by atoms with Crippen LogP contribution in [0, 0.1) is 5.92 Å². The molecule has 1 saturated heterocycles. The molecule has 0 aromatic carbocycles. The van der Waals surface area contributed by atoms with E-state index in [2.05, 4.69) is 5.32 Å². The lowest BCUT2D eigenvalue weighted by Crippen LogP contribution is -2.49. The van der Waals surface area contributed by atoms with Crippen molar-refractivity contribution in [3.8, 4) is 0 Å². The van der Waals surface area contributed by atoms with E-state index < -0.39 is 11.9 Å². The Morgan fingerprint density at radius 1 is 1.40 bits per heavy atom. The van der Waals surface area contributed by atoms with Crippen LogP contribution >= 0.6 is 0 Å². The molecule has 0 aliphatic carbocycles. The zero-order chi connectivity index (χ0) is 15.1. The van der Waals surface area contributed by atoms with Crippen LogP contribution in [0.5, 0.6) is 0 Å². The Morgan fingerprint density at radius 2 is 2.10 bits per heavy atom. The Hall–Kier alpha value is -1.79. The van der Waals surface area contributed by atoms with Gasteiger partial charge in [-0.15, -0.1) is 0 Å². The van der Waals surface area contributed by atoms with Gasteiger partial charge in [-0.3, -0.25) is 9.59 Å². The number of likely N-dealkylation sites (tertiary alicyclic amines) is 1. The van der Waals surface area contributed by atoms with E-state index in [4.69, 9.17) is 5.11 Å². The van der Waals surface area contributed by atoms with Gasteiger partial charge in [0.25, 0.3) is 0 Å². The first-order chi connectivity index (χ1) is 9.45. The lowest BCUT2D eigenvalue weighted by atomic mass is 9.99. The summed E-state index contributed by atoms with van der Waals surface area (Å²) in [5.41, 5.74) is 0. The number of aliphatic carboxylic acids is 1. The summed E-state index contributed by atoms with van der Waals surface area (Å²) < 4.78 is 0. The first-order valence-corrected chi connectivity index (χ1v) is 6.95. The van der Waals surface area contributed by atoms with Crippen molar-refractivity contribution in [1.29, 1.82) is 0 Å². The molecule has 0 aromatic heterocycles. The molecule has 0 unspecified atom stereocenters. The van der Waals surface area contributed by atoms with Gasteiger partial charge in [0, 0.05) is 26.7 Å². The van der Waals surface area contributed by atoms with Crippen LogP contribution in [0.1, 0.15) is 26.2 Å². The fourth-order valence-electron chi connectivity index (χ4n) is 2.20. The minimum absolute atomic E-state index is 0.00687. The number of likely N-dealkylation sites (N-methyl/N-ethyl adjacent to an activating group) is 1. The molecule has 7 heteroatoms. The second kappa shape index (κ2) is 7.72. The van der Waals surface area contributed by atoms with E-state index in [1.54, 1.807) is 7.05 Å². The van der Waals surface area contributed by atoms with Crippen LogP contribution in [0.25, 0.3) is 0 Å². The van der Waals surface area contributed by atoms with Gasteiger partial charge in [0.1, 0.15) is 6.54 Å². The van der Waals surface area contributed by atoms with Crippen LogP contribution in [0.4, 0.5) is 4.79 Å². The maximum absolute atomic E-state index is 12.2. The first-order valence-electron chi connectivity index (χ1n) is 6.95. The summed E-state index contributed by atoms with van der Waals surface area (Å²) in [5, 5.41) is 11.7. The number of nitrogens with zero attached hydrogens (tertiary/aromatic N) is 2. The topological polar surface area (TPSA) is 90.0 Å². The maximum Gasteiger partial charge on any atom is 0.320 e. The van der Waals surface area contributed by atoms with Crippen molar-refractivity contribution in [2.45, 2.75) is 26.2 Å². The number of carbonyl (C=O) groups excluding carboxylic acids is 2. The SMILES string of the molecule is CCCNC(=O)CN(C)C(=O)N1CCC[C@H](C(=O)O)C1. The largest absolute Gasteiger partial charge is 0.481 e. The molecule has 0 aromatic rings. The van der Waals surface area contributed by atoms with E-state index in [0.29, 0.717) is 25.9 Å². The van der Waals surface area contributed by atoms with Gasteiger partial charge in [0.2, 0.25) is 5.91 Å². The third-order valence-corrected chi connectivity index (χ3v) is 3.32. The van der Waals surface area contributed by atoms with Gasteiger partial charge in [-0.2, -0.15) is 0 Å². The number of hydrogen-bond acceptors (Lipinski definition) is 3. The second-order valence-corrected chi connectivity index (χ2v) is 5.11. The van der Waals surface area contributed by atoms with Gasteiger partial charge >= 0.3 is 12.0 Å². The fraction of sp³-hybridized carbons (Fsp3) is 0.769. The van der Waals surface area contributed by atoms with Crippen molar-refractivity contribution in [1.82, 2.24) is 15.1 Å². The van der Waals surface area contributed by atoms with E-state index in [0.717, 1.165) is 6.42 Å². The lowest BCUT2D eigenvalue weighted by molar-refractivity contribution is -0.143. The minimum atomic E-state index is -0.870. The van der Waals surface area contributed by atoms with Crippen molar-refractivity contribution in [3.63, 3.8) is 0 Å². The third-order valence-electron chi connectivity index (χ3n) is 3.32. The molecule has 0 bridgehead atoms. The van der Waals surface area contributed by atoms with Crippen molar-refractivity contribution in [2.24, 2.45) is 5.92 Å². The van der Waals surface area contributed by atoms with Crippen molar-refractivity contribution >= 4 is 17.9 Å². The summed E-state index contributed by atoms with van der Waals surface area (Å²) in [7, 11) is 1.55. The first kappa shape index (κ1) is 16.3. The van der Waals surface area contributed by atoms with Gasteiger partial charge in [0.05, 0.1) is 5.92 Å². The average molecular weight is 285 g/mol. The smallest absolute Gasteiger partial charge is 0.320 e. The number of carboxylic acid groups (broad SMARTS) is 1. The summed E-state index contributed by atoms with van der Waals surface area (Å²) in [4.78, 5) is 37.5. The predicted octanol–water partition coefficient (Wildman–Crippen LogP) is 0.361. The van der Waals surface area contributed by atoms with E-state index in [1.807, 2.05) is 6.92 Å². The number of rotatable bonds is 5. The number of carbonyl (C=O) groups is 3. The zero-order valence-corrected chi connectivity index (χ0v) is 12.1. The van der Waals surface area contributed by atoms with Crippen molar-refractivity contribution in [3.05, 3.63) is 0 Å². The number of nitrogens with one attached hydrogen (secondary N) is 1. The Kier molecular flexibility index (Phi) is 6.27. The molecule has 1 fully saturated rings. The monoisotopic (exact) mass is 285 g/mol. The second-order valence-electron chi connectivity index (χ2n) is 5.11. The molecule has 1 aliphatic rings. The molecule has 0 spiro atoms. The maximum atomic E-state index is 12.2. The predicted molar refractivity (Wildman–Crippen MR) is 73.3 cm³/mol. The molecule has 7 nitrogen and oxygen atoms in total. The summed E-state index contributed by atoms with van der Waals surface area (Å²) >= 11 is 0. The number of hydrogen-bond donors (Lipinski definition) is 2. The number of carboxylic acids is 1. The molecule has 3 amide bonds. The Bertz CT molecular complexity index is 373. The molecule has 0 saturated carbocycles. The quantitative estimate of drug-likeness (QED) is 0.763. The molecule has 114 valence electrons. The molecule has 2 N–H and O–H groups in total. The molecule has 0 radical (unpaired) electrons. The van der Waals surface area contributed by atoms with Crippen LogP contribution in [0.3, 0.4) is 0 Å². The van der Waals surface area contributed by atoms with Gasteiger partial charge in [-0.25, -0.2) is 4.79 Å². The molecular formula is C13H23N3O4. The van der Waals surface area contributed by atoms with Gasteiger partial charge < -0.3 is 20.2 Å². The van der Waals surface area contributed by atoms with E-state index in [1.165, 1.54) is 9.80 Å². The highest BCUT2D eigenvalue weighted by molar-refractivity contribution is 5.84. The van der Waals surface area contributed by atoms with E-state index in [9.17, 15) is 14.4 Å². The Balaban J connectivity index is 2.47. The van der Waals surface area contributed by atoms with Crippen LogP contribution in [0.15, 0.2) is 0 Å². The normalized spacial score (nSPS) is 18.5. The number of piperidine rings is 1. The molecule has 1 rings (SSSR count). The van der Waals surface area contributed by atoms with E-state index in [-0.39, 0.29) is 25.0 Å². The highest BCUT2D eigenvalue weighted by Gasteiger charge is 2.29. The summed E-state index contributed by atoms with van der Waals surface area (Å²) in [6.45, 7) is 3.30. The Labute approximate surface area is 118 Å². The van der Waals surface area contributed by atoms with Crippen LogP contribution in [-0.2, 0) is 9.59 Å². The summed E-state index contributed by atoms with van der Waals surface area (Å²) in [6, 6.07) is -0.289. The van der Waals surface area contributed by atoms with Crippen LogP contribution < -0.4 is 5.32 Å². The van der Waals surface area contributed by atoms with Crippen LogP contribution in [0.2, 0.25) is 0 Å². The van der Waals surface area contributed by atoms with Gasteiger partial charge in [-0.1, -0.05) is 6.92 Å². The summed E-state index contributed by atoms with van der Waals surface area (Å²) in [6.07, 6.45) is 2.12. The standard InChI is InChI=1S/C13H23N3O4/c1-3-6-14-11(17)9-15(2)13(20)16-7-4-5-10(8-16)12(18)19/h10H,3-9H2,1-2H3,(H,14,17)(H,18,19)/t10-/m0/s1. The molecular weight excluding hydrogens is 262 g/mol. The molecule has 1 heterocycles. The highest BCUT2D eigenvalue weighted by Crippen LogP contribution is 2.17. The van der Waals surface area contributed by atoms with Gasteiger partial charge in [-0.05, 0) is 19.3 Å². The van der Waals surface area contributed by atoms with Crippen molar-refractivity contribution in [2.75, 3.05) is 33.2 Å². The minimum Gasteiger partial charge on any atom is -0.481 e. The average Bonchev–Trinajstić information content (AvgIpc) is 2.44. The zero-order valence-electron chi connectivity index (χ0n) is 12.1. The van der Waals surface area contributed by atoms with Crippen molar-refractivity contribution < 1.29 is 19.5 Å². The van der Waals surface area contributed by atoms with E-state index >= 15 is 0 Å². The molecule has 1 atom stereocenters. The third kappa shape index (κ3) is 4.71. The highest BCUT2D eigenvalue weighted by atomic mass is 16.4. The Morgan fingerprint density at radius 3 is 2.70 bits per heavy atom. The number of urea groups is 1.